The van der Waals surface area contributed by atoms with Gasteiger partial charge >= 0.3 is 0 Å². The third kappa shape index (κ3) is 1.88. The molecule has 1 aliphatic rings. The molecular formula is C10H9ClINO. The first-order valence-electron chi connectivity index (χ1n) is 4.38. The van der Waals surface area contributed by atoms with Crippen molar-refractivity contribution < 1.29 is 4.79 Å². The van der Waals surface area contributed by atoms with E-state index in [0.717, 1.165) is 17.7 Å². The number of rotatable bonds is 2. The van der Waals surface area contributed by atoms with E-state index in [1.807, 2.05) is 6.07 Å². The third-order valence-corrected chi connectivity index (χ3v) is 3.45. The largest absolute Gasteiger partial charge is 0.325 e. The lowest BCUT2D eigenvalue weighted by atomic mass is 10.1. The highest BCUT2D eigenvalue weighted by Gasteiger charge is 2.18. The van der Waals surface area contributed by atoms with Crippen molar-refractivity contribution in [2.24, 2.45) is 0 Å². The summed E-state index contributed by atoms with van der Waals surface area (Å²) < 4.78 is 1.17. The number of benzene rings is 1. The quantitative estimate of drug-likeness (QED) is 0.658. The lowest BCUT2D eigenvalue weighted by Crippen LogP contribution is -2.03. The second kappa shape index (κ2) is 4.06. The van der Waals surface area contributed by atoms with Crippen molar-refractivity contribution in [2.75, 3.05) is 11.2 Å². The van der Waals surface area contributed by atoms with Crippen LogP contribution in [0, 0.1) is 3.57 Å². The normalized spacial score (nSPS) is 14.0. The van der Waals surface area contributed by atoms with E-state index in [9.17, 15) is 4.79 Å². The maximum atomic E-state index is 11.1. The maximum absolute atomic E-state index is 11.1. The number of aryl methyl sites for hydroxylation is 1. The van der Waals surface area contributed by atoms with Crippen LogP contribution in [0.3, 0.4) is 0 Å². The Bertz CT molecular complexity index is 392. The molecule has 0 spiro atoms. The first-order chi connectivity index (χ1) is 6.70. The summed E-state index contributed by atoms with van der Waals surface area (Å²) in [6.45, 7) is 0. The molecule has 1 heterocycles. The number of alkyl halides is 1. The summed E-state index contributed by atoms with van der Waals surface area (Å²) >= 11 is 7.98. The Balaban J connectivity index is 2.39. The molecule has 0 aliphatic carbocycles. The first kappa shape index (κ1) is 10.2. The zero-order valence-electron chi connectivity index (χ0n) is 7.44. The number of amides is 1. The van der Waals surface area contributed by atoms with Crippen LogP contribution in [0.1, 0.15) is 11.1 Å². The fourth-order valence-corrected chi connectivity index (χ4v) is 2.53. The van der Waals surface area contributed by atoms with E-state index in [1.54, 1.807) is 0 Å². The van der Waals surface area contributed by atoms with Gasteiger partial charge in [-0.1, -0.05) is 6.07 Å². The first-order valence-corrected chi connectivity index (χ1v) is 5.99. The molecule has 0 radical (unpaired) electrons. The van der Waals surface area contributed by atoms with E-state index in [2.05, 4.69) is 34.0 Å². The molecule has 1 aromatic rings. The Morgan fingerprint density at radius 1 is 1.50 bits per heavy atom. The van der Waals surface area contributed by atoms with E-state index in [1.165, 1.54) is 9.13 Å². The van der Waals surface area contributed by atoms with Crippen molar-refractivity contribution in [3.8, 4) is 0 Å². The topological polar surface area (TPSA) is 29.1 Å². The average Bonchev–Trinajstić information content (AvgIpc) is 2.45. The molecule has 0 saturated carbocycles. The number of carbonyl (C=O) groups excluding carboxylic acids is 1. The van der Waals surface area contributed by atoms with Gasteiger partial charge in [-0.25, -0.2) is 0 Å². The predicted molar refractivity (Wildman–Crippen MR) is 65.9 cm³/mol. The van der Waals surface area contributed by atoms with Crippen LogP contribution in [0.2, 0.25) is 0 Å². The molecule has 0 unspecified atom stereocenters. The molecule has 0 fully saturated rings. The Hall–Kier alpha value is -0.290. The highest BCUT2D eigenvalue weighted by atomic mass is 127. The number of halogens is 2. The van der Waals surface area contributed by atoms with Gasteiger partial charge in [0.25, 0.3) is 0 Å². The van der Waals surface area contributed by atoms with Gasteiger partial charge in [-0.3, -0.25) is 4.79 Å². The molecule has 0 aromatic heterocycles. The second-order valence-corrected chi connectivity index (χ2v) is 4.80. The Kier molecular flexibility index (Phi) is 2.97. The standard InChI is InChI=1S/C10H9ClINO/c11-2-1-6-3-7-4-10(14)13-9(7)5-8(6)12/h3,5H,1-2,4H2,(H,13,14). The minimum Gasteiger partial charge on any atom is -0.325 e. The van der Waals surface area contributed by atoms with Gasteiger partial charge in [0.05, 0.1) is 6.42 Å². The van der Waals surface area contributed by atoms with Gasteiger partial charge in [0.2, 0.25) is 5.91 Å². The minimum absolute atomic E-state index is 0.0822. The van der Waals surface area contributed by atoms with Gasteiger partial charge in [0.15, 0.2) is 0 Å². The van der Waals surface area contributed by atoms with E-state index < -0.39 is 0 Å². The number of nitrogens with one attached hydrogen (secondary N) is 1. The molecule has 1 amide bonds. The number of fused-ring (bicyclic) bond motifs is 1. The van der Waals surface area contributed by atoms with E-state index in [0.29, 0.717) is 12.3 Å². The maximum Gasteiger partial charge on any atom is 0.228 e. The summed E-state index contributed by atoms with van der Waals surface area (Å²) in [5.41, 5.74) is 3.28. The number of anilines is 1. The van der Waals surface area contributed by atoms with Crippen LogP contribution in [-0.4, -0.2) is 11.8 Å². The van der Waals surface area contributed by atoms with Gasteiger partial charge in [-0.2, -0.15) is 0 Å². The van der Waals surface area contributed by atoms with Gasteiger partial charge < -0.3 is 5.32 Å². The van der Waals surface area contributed by atoms with Crippen LogP contribution < -0.4 is 5.32 Å². The number of carbonyl (C=O) groups is 1. The van der Waals surface area contributed by atoms with Crippen LogP contribution in [0.15, 0.2) is 12.1 Å². The summed E-state index contributed by atoms with van der Waals surface area (Å²) in [6, 6.07) is 4.10. The smallest absolute Gasteiger partial charge is 0.228 e. The summed E-state index contributed by atoms with van der Waals surface area (Å²) in [7, 11) is 0. The summed E-state index contributed by atoms with van der Waals surface area (Å²) in [5.74, 6) is 0.703. The third-order valence-electron chi connectivity index (χ3n) is 2.26. The second-order valence-electron chi connectivity index (χ2n) is 3.26. The fourth-order valence-electron chi connectivity index (χ4n) is 1.59. The van der Waals surface area contributed by atoms with Gasteiger partial charge in [-0.05, 0) is 46.2 Å². The van der Waals surface area contributed by atoms with Gasteiger partial charge in [0, 0.05) is 15.1 Å². The molecule has 74 valence electrons. The molecule has 1 aromatic carbocycles. The Labute approximate surface area is 101 Å². The predicted octanol–water partition coefficient (Wildman–Crippen LogP) is 2.57. The Morgan fingerprint density at radius 3 is 3.00 bits per heavy atom. The molecule has 4 heteroatoms. The van der Waals surface area contributed by atoms with Crippen molar-refractivity contribution in [3.63, 3.8) is 0 Å². The van der Waals surface area contributed by atoms with E-state index in [4.69, 9.17) is 11.6 Å². The zero-order valence-corrected chi connectivity index (χ0v) is 10.4. The molecule has 1 N–H and O–H groups in total. The highest BCUT2D eigenvalue weighted by molar-refractivity contribution is 14.1. The molecule has 2 rings (SSSR count). The van der Waals surface area contributed by atoms with Crippen LogP contribution in [0.25, 0.3) is 0 Å². The van der Waals surface area contributed by atoms with Gasteiger partial charge in [0.1, 0.15) is 0 Å². The molecular weight excluding hydrogens is 312 g/mol. The number of hydrogen-bond donors (Lipinski definition) is 1. The van der Waals surface area contributed by atoms with Crippen LogP contribution in [-0.2, 0) is 17.6 Å². The van der Waals surface area contributed by atoms with E-state index in [-0.39, 0.29) is 5.91 Å². The monoisotopic (exact) mass is 321 g/mol. The molecule has 14 heavy (non-hydrogen) atoms. The van der Waals surface area contributed by atoms with Crippen molar-refractivity contribution in [3.05, 3.63) is 26.8 Å². The molecule has 2 nitrogen and oxygen atoms in total. The molecule has 0 bridgehead atoms. The van der Waals surface area contributed by atoms with E-state index >= 15 is 0 Å². The SMILES string of the molecule is O=C1Cc2cc(CCCl)c(I)cc2N1. The van der Waals surface area contributed by atoms with Crippen molar-refractivity contribution in [2.45, 2.75) is 12.8 Å². The Morgan fingerprint density at radius 2 is 2.29 bits per heavy atom. The van der Waals surface area contributed by atoms with Crippen molar-refractivity contribution in [1.82, 2.24) is 0 Å². The van der Waals surface area contributed by atoms with Crippen LogP contribution in [0.4, 0.5) is 5.69 Å². The average molecular weight is 322 g/mol. The summed E-state index contributed by atoms with van der Waals surface area (Å²) in [5, 5.41) is 2.83. The zero-order chi connectivity index (χ0) is 10.1. The summed E-state index contributed by atoms with van der Waals surface area (Å²) in [4.78, 5) is 11.1. The molecule has 0 atom stereocenters. The van der Waals surface area contributed by atoms with Crippen molar-refractivity contribution >= 4 is 45.8 Å². The van der Waals surface area contributed by atoms with Gasteiger partial charge in [-0.15, -0.1) is 11.6 Å². The fraction of sp³-hybridized carbons (Fsp3) is 0.300. The minimum atomic E-state index is 0.0822. The lowest BCUT2D eigenvalue weighted by Gasteiger charge is -2.05. The van der Waals surface area contributed by atoms with Crippen molar-refractivity contribution in [1.29, 1.82) is 0 Å². The molecule has 0 saturated heterocycles. The summed E-state index contributed by atoms with van der Waals surface area (Å²) in [6.07, 6.45) is 1.36. The van der Waals surface area contributed by atoms with Crippen LogP contribution in [0.5, 0.6) is 0 Å². The van der Waals surface area contributed by atoms with Crippen LogP contribution >= 0.6 is 34.2 Å². The molecule has 1 aliphatic heterocycles. The number of hydrogen-bond acceptors (Lipinski definition) is 1. The lowest BCUT2D eigenvalue weighted by molar-refractivity contribution is -0.115. The highest BCUT2D eigenvalue weighted by Crippen LogP contribution is 2.28.